The monoisotopic (exact) mass is 424 g/mol. The third-order valence-electron chi connectivity index (χ3n) is 4.65. The van der Waals surface area contributed by atoms with Gasteiger partial charge in [0.25, 0.3) is 5.91 Å². The molecule has 11 heteroatoms. The third-order valence-corrected chi connectivity index (χ3v) is 7.00. The summed E-state index contributed by atoms with van der Waals surface area (Å²) in [7, 11) is -0.698. The fraction of sp³-hybridized carbons (Fsp3) is 0.353. The van der Waals surface area contributed by atoms with Crippen LogP contribution in [-0.2, 0) is 26.0 Å². The average Bonchev–Trinajstić information content (AvgIpc) is 3.10. The summed E-state index contributed by atoms with van der Waals surface area (Å²) < 4.78 is 22.5. The molecule has 3 rings (SSSR count). The molecule has 150 valence electrons. The van der Waals surface area contributed by atoms with E-state index in [-0.39, 0.29) is 16.7 Å². The molecule has 0 aliphatic carbocycles. The van der Waals surface area contributed by atoms with Crippen molar-refractivity contribution in [2.75, 3.05) is 20.6 Å². The van der Waals surface area contributed by atoms with E-state index < -0.39 is 27.3 Å². The van der Waals surface area contributed by atoms with Gasteiger partial charge < -0.3 is 10.2 Å². The Morgan fingerprint density at radius 1 is 1.21 bits per heavy atom. The molecule has 2 unspecified atom stereocenters. The number of urea groups is 1. The first-order chi connectivity index (χ1) is 13.1. The summed E-state index contributed by atoms with van der Waals surface area (Å²) in [6, 6.07) is 5.72. The van der Waals surface area contributed by atoms with Crippen LogP contribution in [0, 0.1) is 5.92 Å². The highest BCUT2D eigenvalue weighted by atomic mass is 32.2. The largest absolute Gasteiger partial charge is 0.351 e. The van der Waals surface area contributed by atoms with Crippen LogP contribution in [0.1, 0.15) is 5.56 Å². The Labute approximate surface area is 167 Å². The number of fused-ring (bicyclic) bond motifs is 1. The fourth-order valence-corrected chi connectivity index (χ4v) is 4.82. The predicted octanol–water partition coefficient (Wildman–Crippen LogP) is 0.0895. The van der Waals surface area contributed by atoms with Crippen LogP contribution in [0.25, 0.3) is 0 Å². The van der Waals surface area contributed by atoms with E-state index in [1.54, 1.807) is 25.3 Å². The number of rotatable bonds is 5. The first-order valence-corrected chi connectivity index (χ1v) is 10.8. The molecule has 0 spiro atoms. The Morgan fingerprint density at radius 3 is 2.46 bits per heavy atom. The zero-order chi connectivity index (χ0) is 20.6. The molecule has 0 radical (unpaired) electrons. The minimum atomic E-state index is -3.73. The number of primary sulfonamides is 1. The van der Waals surface area contributed by atoms with Gasteiger partial charge in [-0.1, -0.05) is 23.9 Å². The van der Waals surface area contributed by atoms with Crippen molar-refractivity contribution in [2.45, 2.75) is 16.7 Å². The van der Waals surface area contributed by atoms with Crippen molar-refractivity contribution in [1.29, 1.82) is 0 Å². The van der Waals surface area contributed by atoms with Crippen molar-refractivity contribution >= 4 is 39.6 Å². The summed E-state index contributed by atoms with van der Waals surface area (Å²) in [6.45, 7) is 0.337. The lowest BCUT2D eigenvalue weighted by molar-refractivity contribution is -0.133. The number of nitrogens with one attached hydrogen (secondary N) is 1. The Morgan fingerprint density at radius 2 is 1.86 bits per heavy atom. The summed E-state index contributed by atoms with van der Waals surface area (Å²) >= 11 is 1.20. The zero-order valence-electron chi connectivity index (χ0n) is 15.3. The molecular formula is C17H20N4O5S2. The van der Waals surface area contributed by atoms with E-state index in [0.29, 0.717) is 17.9 Å². The molecule has 2 aliphatic heterocycles. The number of benzene rings is 1. The van der Waals surface area contributed by atoms with Gasteiger partial charge in [-0.15, -0.1) is 0 Å². The lowest BCUT2D eigenvalue weighted by Crippen LogP contribution is -2.56. The lowest BCUT2D eigenvalue weighted by Gasteiger charge is -2.37. The molecule has 0 saturated carbocycles. The van der Waals surface area contributed by atoms with Crippen LogP contribution in [0.3, 0.4) is 0 Å². The first kappa shape index (κ1) is 20.4. The number of nitrogens with zero attached hydrogens (tertiary/aromatic N) is 2. The summed E-state index contributed by atoms with van der Waals surface area (Å²) in [4.78, 5) is 39.7. The van der Waals surface area contributed by atoms with Crippen LogP contribution in [0.5, 0.6) is 0 Å². The van der Waals surface area contributed by atoms with E-state index in [1.807, 2.05) is 0 Å². The Kier molecular flexibility index (Phi) is 5.50. The molecule has 2 atom stereocenters. The highest BCUT2D eigenvalue weighted by Gasteiger charge is 2.47. The van der Waals surface area contributed by atoms with Crippen molar-refractivity contribution in [2.24, 2.45) is 11.1 Å². The molecule has 9 nitrogen and oxygen atoms in total. The lowest BCUT2D eigenvalue weighted by atomic mass is 10.0. The van der Waals surface area contributed by atoms with Crippen molar-refractivity contribution < 1.29 is 22.8 Å². The van der Waals surface area contributed by atoms with Crippen LogP contribution in [0.2, 0.25) is 0 Å². The van der Waals surface area contributed by atoms with Crippen LogP contribution < -0.4 is 10.5 Å². The van der Waals surface area contributed by atoms with E-state index >= 15 is 0 Å². The summed E-state index contributed by atoms with van der Waals surface area (Å²) in [5.41, 5.74) is 0.844. The van der Waals surface area contributed by atoms with Crippen LogP contribution >= 0.6 is 11.8 Å². The second-order valence-corrected chi connectivity index (χ2v) is 9.27. The topological polar surface area (TPSA) is 130 Å². The van der Waals surface area contributed by atoms with Gasteiger partial charge in [0.05, 0.1) is 21.1 Å². The van der Waals surface area contributed by atoms with Gasteiger partial charge in [0.15, 0.2) is 0 Å². The summed E-state index contributed by atoms with van der Waals surface area (Å²) in [5, 5.41) is 7.42. The van der Waals surface area contributed by atoms with Crippen molar-refractivity contribution in [3.05, 3.63) is 40.8 Å². The molecule has 1 aromatic rings. The van der Waals surface area contributed by atoms with Gasteiger partial charge >= 0.3 is 6.03 Å². The van der Waals surface area contributed by atoms with Gasteiger partial charge in [-0.25, -0.2) is 18.4 Å². The quantitative estimate of drug-likeness (QED) is 0.689. The second kappa shape index (κ2) is 7.57. The van der Waals surface area contributed by atoms with Crippen molar-refractivity contribution in [3.8, 4) is 0 Å². The molecule has 0 bridgehead atoms. The van der Waals surface area contributed by atoms with E-state index in [4.69, 9.17) is 5.14 Å². The minimum Gasteiger partial charge on any atom is -0.351 e. The maximum Gasteiger partial charge on any atom is 0.327 e. The van der Waals surface area contributed by atoms with Gasteiger partial charge in [-0.05, 0) is 30.2 Å². The number of hydrogen-bond acceptors (Lipinski definition) is 6. The van der Waals surface area contributed by atoms with Crippen LogP contribution in [0.4, 0.5) is 4.79 Å². The average molecular weight is 425 g/mol. The number of amides is 4. The molecule has 2 heterocycles. The number of hydrogen-bond donors (Lipinski definition) is 2. The van der Waals surface area contributed by atoms with E-state index in [1.165, 1.54) is 35.8 Å². The summed E-state index contributed by atoms with van der Waals surface area (Å²) in [6.07, 6.45) is 2.11. The fourth-order valence-electron chi connectivity index (χ4n) is 3.05. The minimum absolute atomic E-state index is 0.0312. The Bertz CT molecular complexity index is 958. The van der Waals surface area contributed by atoms with E-state index in [9.17, 15) is 22.8 Å². The number of carbonyl (C=O) groups excluding carboxylic acids is 3. The number of nitrogens with two attached hydrogens (primary N) is 1. The Hall–Kier alpha value is -2.37. The van der Waals surface area contributed by atoms with Gasteiger partial charge in [0.1, 0.15) is 0 Å². The van der Waals surface area contributed by atoms with Crippen LogP contribution in [0.15, 0.2) is 40.1 Å². The molecule has 1 aromatic carbocycles. The maximum atomic E-state index is 12.4. The number of thioether (sulfide) groups is 1. The first-order valence-electron chi connectivity index (χ1n) is 8.42. The molecule has 28 heavy (non-hydrogen) atoms. The molecule has 1 fully saturated rings. The van der Waals surface area contributed by atoms with Gasteiger partial charge in [0, 0.05) is 20.6 Å². The van der Waals surface area contributed by atoms with Gasteiger partial charge in [0.2, 0.25) is 15.9 Å². The number of imide groups is 1. The highest BCUT2D eigenvalue weighted by Crippen LogP contribution is 2.41. The van der Waals surface area contributed by atoms with Crippen molar-refractivity contribution in [3.63, 3.8) is 0 Å². The van der Waals surface area contributed by atoms with Gasteiger partial charge in [-0.2, -0.15) is 0 Å². The summed E-state index contributed by atoms with van der Waals surface area (Å²) in [5.74, 6) is -1.17. The standard InChI is InChI=1S/C17H20N4O5S2/c1-20-15(23)12-9-13(27-16(12)21(2)17(20)24)14(22)19-8-7-10-3-5-11(6-4-10)28(18,25)26/h3-6,9,12,16H,7-8H2,1-2H3,(H,19,22)(H2,18,25,26). The second-order valence-electron chi connectivity index (χ2n) is 6.55. The van der Waals surface area contributed by atoms with Crippen LogP contribution in [-0.4, -0.2) is 62.1 Å². The van der Waals surface area contributed by atoms with Gasteiger partial charge in [-0.3, -0.25) is 14.5 Å². The number of carbonyl (C=O) groups is 3. The SMILES string of the molecule is CN1C(=O)C2C=C(C(=O)NCCc3ccc(S(N)(=O)=O)cc3)SC2N(C)C1=O. The third kappa shape index (κ3) is 3.91. The maximum absolute atomic E-state index is 12.4. The van der Waals surface area contributed by atoms with E-state index in [2.05, 4.69) is 5.32 Å². The molecule has 2 aliphatic rings. The molecular weight excluding hydrogens is 404 g/mol. The molecule has 1 saturated heterocycles. The number of sulfonamides is 1. The molecule has 0 aromatic heterocycles. The normalized spacial score (nSPS) is 22.2. The zero-order valence-corrected chi connectivity index (χ0v) is 16.9. The molecule has 4 amide bonds. The predicted molar refractivity (Wildman–Crippen MR) is 103 cm³/mol. The van der Waals surface area contributed by atoms with Crippen molar-refractivity contribution in [1.82, 2.24) is 15.1 Å². The van der Waals surface area contributed by atoms with E-state index in [0.717, 1.165) is 10.5 Å². The molecule has 3 N–H and O–H groups in total. The highest BCUT2D eigenvalue weighted by molar-refractivity contribution is 8.04. The smallest absolute Gasteiger partial charge is 0.327 e. The Balaban J connectivity index is 1.57.